The molecule has 0 unspecified atom stereocenters. The molecule has 3 rings (SSSR count). The first kappa shape index (κ1) is 23.6. The van der Waals surface area contributed by atoms with Crippen molar-refractivity contribution in [3.8, 4) is 23.0 Å². The average Bonchev–Trinajstić information content (AvgIpc) is 2.80. The lowest BCUT2D eigenvalue weighted by atomic mass is 10.2. The SMILES string of the molecule is CCOc1cc(/C=C/C(=O)NCc2ccc(Oc3cccnc3)c(F)c2)ccc1OC(F)F. The van der Waals surface area contributed by atoms with Crippen LogP contribution in [0, 0.1) is 5.82 Å². The second kappa shape index (κ2) is 11.6. The van der Waals surface area contributed by atoms with Crippen molar-refractivity contribution in [3.63, 3.8) is 0 Å². The summed E-state index contributed by atoms with van der Waals surface area (Å²) in [4.78, 5) is 16.0. The number of hydrogen-bond acceptors (Lipinski definition) is 5. The van der Waals surface area contributed by atoms with E-state index in [0.717, 1.165) is 0 Å². The number of benzene rings is 2. The molecule has 6 nitrogen and oxygen atoms in total. The van der Waals surface area contributed by atoms with E-state index in [1.807, 2.05) is 0 Å². The molecule has 0 aliphatic rings. The van der Waals surface area contributed by atoms with Gasteiger partial charge in [0.05, 0.1) is 12.8 Å². The average molecular weight is 458 g/mol. The number of carbonyl (C=O) groups is 1. The molecule has 9 heteroatoms. The summed E-state index contributed by atoms with van der Waals surface area (Å²) >= 11 is 0. The summed E-state index contributed by atoms with van der Waals surface area (Å²) in [5, 5.41) is 2.64. The molecule has 1 heterocycles. The van der Waals surface area contributed by atoms with Crippen molar-refractivity contribution < 1.29 is 32.2 Å². The normalized spacial score (nSPS) is 10.9. The van der Waals surface area contributed by atoms with Gasteiger partial charge in [-0.05, 0) is 60.5 Å². The van der Waals surface area contributed by atoms with E-state index >= 15 is 0 Å². The number of nitrogens with zero attached hydrogens (tertiary/aromatic N) is 1. The summed E-state index contributed by atoms with van der Waals surface area (Å²) in [5.41, 5.74) is 1.10. The fourth-order valence-electron chi connectivity index (χ4n) is 2.78. The van der Waals surface area contributed by atoms with Crippen LogP contribution in [-0.2, 0) is 11.3 Å². The maximum atomic E-state index is 14.3. The molecule has 33 heavy (non-hydrogen) atoms. The first-order valence-electron chi connectivity index (χ1n) is 9.98. The van der Waals surface area contributed by atoms with Gasteiger partial charge in [-0.2, -0.15) is 8.78 Å². The zero-order chi connectivity index (χ0) is 23.6. The van der Waals surface area contributed by atoms with Crippen molar-refractivity contribution in [1.82, 2.24) is 10.3 Å². The van der Waals surface area contributed by atoms with E-state index in [1.165, 1.54) is 48.7 Å². The Morgan fingerprint density at radius 2 is 1.94 bits per heavy atom. The molecule has 1 aromatic heterocycles. The summed E-state index contributed by atoms with van der Waals surface area (Å²) < 4.78 is 54.4. The predicted molar refractivity (Wildman–Crippen MR) is 116 cm³/mol. The Morgan fingerprint density at radius 3 is 2.64 bits per heavy atom. The van der Waals surface area contributed by atoms with Crippen LogP contribution in [-0.4, -0.2) is 24.1 Å². The smallest absolute Gasteiger partial charge is 0.387 e. The molecule has 0 bridgehead atoms. The van der Waals surface area contributed by atoms with Gasteiger partial charge in [0.2, 0.25) is 5.91 Å². The highest BCUT2D eigenvalue weighted by molar-refractivity contribution is 5.91. The zero-order valence-electron chi connectivity index (χ0n) is 17.6. The fourth-order valence-corrected chi connectivity index (χ4v) is 2.78. The lowest BCUT2D eigenvalue weighted by Gasteiger charge is -2.11. The number of hydrogen-bond donors (Lipinski definition) is 1. The first-order chi connectivity index (χ1) is 15.9. The number of aromatic nitrogens is 1. The maximum Gasteiger partial charge on any atom is 0.387 e. The molecular formula is C24H21F3N2O4. The van der Waals surface area contributed by atoms with Crippen molar-refractivity contribution in [1.29, 1.82) is 0 Å². The van der Waals surface area contributed by atoms with Crippen molar-refractivity contribution in [2.45, 2.75) is 20.1 Å². The predicted octanol–water partition coefficient (Wildman–Crippen LogP) is 5.34. The minimum Gasteiger partial charge on any atom is -0.490 e. The minimum absolute atomic E-state index is 0.0438. The fraction of sp³-hybridized carbons (Fsp3) is 0.167. The molecule has 0 atom stereocenters. The van der Waals surface area contributed by atoms with Crippen LogP contribution in [0.15, 0.2) is 67.0 Å². The number of ether oxygens (including phenoxy) is 3. The van der Waals surface area contributed by atoms with Crippen LogP contribution in [0.1, 0.15) is 18.1 Å². The standard InChI is InChI=1S/C24H21F3N2O4/c1-2-31-22-13-16(5-9-21(22)33-24(26)27)7-10-23(30)29-14-17-6-8-20(19(25)12-17)32-18-4-3-11-28-15-18/h3-13,15,24H,2,14H2,1H3,(H,29,30)/b10-7+. The number of rotatable bonds is 10. The van der Waals surface area contributed by atoms with Crippen LogP contribution in [0.5, 0.6) is 23.0 Å². The molecular weight excluding hydrogens is 437 g/mol. The van der Waals surface area contributed by atoms with E-state index in [0.29, 0.717) is 16.9 Å². The van der Waals surface area contributed by atoms with Gasteiger partial charge >= 0.3 is 6.61 Å². The molecule has 0 fully saturated rings. The Kier molecular flexibility index (Phi) is 8.29. The van der Waals surface area contributed by atoms with E-state index in [1.54, 1.807) is 31.3 Å². The van der Waals surface area contributed by atoms with E-state index in [4.69, 9.17) is 9.47 Å². The minimum atomic E-state index is -2.97. The van der Waals surface area contributed by atoms with Gasteiger partial charge in [-0.3, -0.25) is 9.78 Å². The summed E-state index contributed by atoms with van der Waals surface area (Å²) in [5.74, 6) is -0.491. The lowest BCUT2D eigenvalue weighted by molar-refractivity contribution is -0.116. The topological polar surface area (TPSA) is 69.7 Å². The van der Waals surface area contributed by atoms with E-state index in [2.05, 4.69) is 15.0 Å². The van der Waals surface area contributed by atoms with Crippen molar-refractivity contribution in [2.75, 3.05) is 6.61 Å². The highest BCUT2D eigenvalue weighted by Crippen LogP contribution is 2.30. The first-order valence-corrected chi connectivity index (χ1v) is 9.98. The van der Waals surface area contributed by atoms with Gasteiger partial charge in [0.15, 0.2) is 23.1 Å². The van der Waals surface area contributed by atoms with Crippen LogP contribution in [0.2, 0.25) is 0 Å². The van der Waals surface area contributed by atoms with Crippen LogP contribution in [0.4, 0.5) is 13.2 Å². The van der Waals surface area contributed by atoms with Crippen LogP contribution in [0.3, 0.4) is 0 Å². The van der Waals surface area contributed by atoms with Gasteiger partial charge in [-0.25, -0.2) is 4.39 Å². The molecule has 1 amide bonds. The molecule has 0 aliphatic heterocycles. The summed E-state index contributed by atoms with van der Waals surface area (Å²) in [6.45, 7) is -0.908. The van der Waals surface area contributed by atoms with E-state index in [-0.39, 0.29) is 30.4 Å². The molecule has 2 aromatic carbocycles. The maximum absolute atomic E-state index is 14.3. The van der Waals surface area contributed by atoms with E-state index < -0.39 is 18.3 Å². The molecule has 0 saturated heterocycles. The third-order valence-electron chi connectivity index (χ3n) is 4.24. The van der Waals surface area contributed by atoms with Gasteiger partial charge in [-0.1, -0.05) is 12.1 Å². The van der Waals surface area contributed by atoms with Crippen molar-refractivity contribution >= 4 is 12.0 Å². The number of amides is 1. The Morgan fingerprint density at radius 1 is 1.12 bits per heavy atom. The molecule has 0 radical (unpaired) electrons. The number of halogens is 3. The van der Waals surface area contributed by atoms with E-state index in [9.17, 15) is 18.0 Å². The zero-order valence-corrected chi connectivity index (χ0v) is 17.6. The summed E-state index contributed by atoms with van der Waals surface area (Å²) in [6.07, 6.45) is 5.82. The Labute approximate surface area is 188 Å². The number of carbonyl (C=O) groups excluding carboxylic acids is 1. The number of nitrogens with one attached hydrogen (secondary N) is 1. The van der Waals surface area contributed by atoms with Crippen LogP contribution >= 0.6 is 0 Å². The highest BCUT2D eigenvalue weighted by Gasteiger charge is 2.11. The summed E-state index contributed by atoms with van der Waals surface area (Å²) in [7, 11) is 0. The highest BCUT2D eigenvalue weighted by atomic mass is 19.3. The van der Waals surface area contributed by atoms with Crippen molar-refractivity contribution in [2.24, 2.45) is 0 Å². The lowest BCUT2D eigenvalue weighted by Crippen LogP contribution is -2.20. The number of pyridine rings is 1. The van der Waals surface area contributed by atoms with Gasteiger partial charge < -0.3 is 19.5 Å². The third kappa shape index (κ3) is 7.27. The molecule has 3 aromatic rings. The molecule has 172 valence electrons. The van der Waals surface area contributed by atoms with Gasteiger partial charge in [0, 0.05) is 18.8 Å². The van der Waals surface area contributed by atoms with Crippen LogP contribution < -0.4 is 19.5 Å². The second-order valence-corrected chi connectivity index (χ2v) is 6.62. The van der Waals surface area contributed by atoms with Crippen LogP contribution in [0.25, 0.3) is 6.08 Å². The Balaban J connectivity index is 1.57. The van der Waals surface area contributed by atoms with Crippen molar-refractivity contribution in [3.05, 3.63) is 83.9 Å². The molecule has 1 N–H and O–H groups in total. The molecule has 0 spiro atoms. The quantitative estimate of drug-likeness (QED) is 0.415. The third-order valence-corrected chi connectivity index (χ3v) is 4.24. The second-order valence-electron chi connectivity index (χ2n) is 6.62. The van der Waals surface area contributed by atoms with Gasteiger partial charge in [0.25, 0.3) is 0 Å². The Hall–Kier alpha value is -4.01. The molecule has 0 aliphatic carbocycles. The van der Waals surface area contributed by atoms with Gasteiger partial charge in [0.1, 0.15) is 5.75 Å². The van der Waals surface area contributed by atoms with Gasteiger partial charge in [-0.15, -0.1) is 0 Å². The molecule has 0 saturated carbocycles. The summed E-state index contributed by atoms with van der Waals surface area (Å²) in [6, 6.07) is 12.0. The Bertz CT molecular complexity index is 1110. The largest absolute Gasteiger partial charge is 0.490 e. The monoisotopic (exact) mass is 458 g/mol. The number of alkyl halides is 2.